The average Bonchev–Trinajstić information content (AvgIpc) is 3.92. The Hall–Kier alpha value is -8.41. The first kappa shape index (κ1) is 34.5. The Morgan fingerprint density at radius 2 is 0.726 bits per heavy atom. The molecule has 13 aromatic rings. The predicted molar refractivity (Wildman–Crippen MR) is 254 cm³/mol. The van der Waals surface area contributed by atoms with E-state index in [0.717, 1.165) is 98.8 Å². The second kappa shape index (κ2) is 13.6. The van der Waals surface area contributed by atoms with E-state index in [1.165, 1.54) is 16.3 Å². The van der Waals surface area contributed by atoms with Gasteiger partial charge >= 0.3 is 0 Å². The van der Waals surface area contributed by atoms with Gasteiger partial charge in [0.15, 0.2) is 17.5 Å². The minimum Gasteiger partial charge on any atom is -0.456 e. The third kappa shape index (κ3) is 5.45. The van der Waals surface area contributed by atoms with Crippen LogP contribution in [0.1, 0.15) is 0 Å². The second-order valence-electron chi connectivity index (χ2n) is 15.9. The van der Waals surface area contributed by atoms with Crippen molar-refractivity contribution in [1.29, 1.82) is 0 Å². The van der Waals surface area contributed by atoms with Crippen LogP contribution < -0.4 is 0 Å². The molecule has 0 radical (unpaired) electrons. The topological polar surface area (TPSA) is 65.0 Å². The average molecular weight is 792 g/mol. The summed E-state index contributed by atoms with van der Waals surface area (Å²) in [6, 6.07) is 69.9. The summed E-state index contributed by atoms with van der Waals surface area (Å²) in [4.78, 5) is 15.6. The first-order valence-corrected chi connectivity index (χ1v) is 20.8. The molecule has 0 atom stereocenters. The van der Waals surface area contributed by atoms with Crippen molar-refractivity contribution in [3.05, 3.63) is 200 Å². The molecular weight excluding hydrogens is 759 g/mol. The number of aromatic nitrogens is 3. The quantitative estimate of drug-likeness (QED) is 0.174. The minimum absolute atomic E-state index is 0.606. The maximum absolute atomic E-state index is 6.27. The van der Waals surface area contributed by atoms with Gasteiger partial charge in [0.2, 0.25) is 0 Å². The SMILES string of the molecule is c1ccc2c(-c3ccc(-c4nc(-c5ccc6c(-c7cccc8oc9ccccc9c78)cccc6c5)nc(-c5ccc6c(ccc7oc8ccccc8c76)c5)n4)cc3)cccc2c1. The van der Waals surface area contributed by atoms with Crippen LogP contribution in [0.3, 0.4) is 0 Å². The van der Waals surface area contributed by atoms with Crippen LogP contribution in [0.15, 0.2) is 209 Å². The third-order valence-corrected chi connectivity index (χ3v) is 12.3. The van der Waals surface area contributed by atoms with Gasteiger partial charge in [-0.1, -0.05) is 164 Å². The zero-order valence-electron chi connectivity index (χ0n) is 33.2. The number of para-hydroxylation sites is 2. The zero-order chi connectivity index (χ0) is 40.7. The first-order valence-electron chi connectivity index (χ1n) is 20.8. The molecule has 3 heterocycles. The van der Waals surface area contributed by atoms with Crippen LogP contribution in [0.2, 0.25) is 0 Å². The molecule has 13 rings (SSSR count). The summed E-state index contributed by atoms with van der Waals surface area (Å²) in [6.07, 6.45) is 0. The molecule has 0 unspecified atom stereocenters. The summed E-state index contributed by atoms with van der Waals surface area (Å²) < 4.78 is 12.5. The molecule has 0 aliphatic heterocycles. The summed E-state index contributed by atoms with van der Waals surface area (Å²) in [5.41, 5.74) is 10.9. The van der Waals surface area contributed by atoms with Crippen LogP contribution in [0.5, 0.6) is 0 Å². The van der Waals surface area contributed by atoms with Crippen molar-refractivity contribution in [2.75, 3.05) is 0 Å². The smallest absolute Gasteiger partial charge is 0.164 e. The summed E-state index contributed by atoms with van der Waals surface area (Å²) in [5, 5.41) is 11.3. The van der Waals surface area contributed by atoms with Crippen molar-refractivity contribution in [2.45, 2.75) is 0 Å². The monoisotopic (exact) mass is 791 g/mol. The second-order valence-corrected chi connectivity index (χ2v) is 15.9. The summed E-state index contributed by atoms with van der Waals surface area (Å²) in [5.74, 6) is 1.82. The van der Waals surface area contributed by atoms with Gasteiger partial charge in [-0.15, -0.1) is 0 Å². The van der Waals surface area contributed by atoms with Crippen LogP contribution in [-0.4, -0.2) is 15.0 Å². The van der Waals surface area contributed by atoms with E-state index in [1.807, 2.05) is 30.3 Å². The van der Waals surface area contributed by atoms with Gasteiger partial charge in [0.05, 0.1) is 0 Å². The largest absolute Gasteiger partial charge is 0.456 e. The van der Waals surface area contributed by atoms with Gasteiger partial charge in [-0.05, 0) is 91.0 Å². The zero-order valence-corrected chi connectivity index (χ0v) is 33.2. The van der Waals surface area contributed by atoms with Gasteiger partial charge < -0.3 is 8.83 Å². The van der Waals surface area contributed by atoms with Gasteiger partial charge in [0.25, 0.3) is 0 Å². The van der Waals surface area contributed by atoms with Crippen molar-refractivity contribution >= 4 is 76.2 Å². The number of benzene rings is 10. The molecule has 0 amide bonds. The number of hydrogen-bond donors (Lipinski definition) is 0. The summed E-state index contributed by atoms with van der Waals surface area (Å²) >= 11 is 0. The lowest BCUT2D eigenvalue weighted by atomic mass is 9.94. The number of furan rings is 2. The molecule has 10 aromatic carbocycles. The molecule has 0 spiro atoms. The lowest BCUT2D eigenvalue weighted by Crippen LogP contribution is -2.00. The molecule has 0 saturated heterocycles. The molecule has 3 aromatic heterocycles. The number of nitrogens with zero attached hydrogens (tertiary/aromatic N) is 3. The predicted octanol–water partition coefficient (Wildman–Crippen LogP) is 15.5. The summed E-state index contributed by atoms with van der Waals surface area (Å²) in [7, 11) is 0. The van der Waals surface area contributed by atoms with Crippen molar-refractivity contribution in [3.8, 4) is 56.4 Å². The van der Waals surface area contributed by atoms with Crippen molar-refractivity contribution < 1.29 is 8.83 Å². The molecule has 0 N–H and O–H groups in total. The lowest BCUT2D eigenvalue weighted by molar-refractivity contribution is 0.668. The highest BCUT2D eigenvalue weighted by Crippen LogP contribution is 2.41. The molecule has 5 nitrogen and oxygen atoms in total. The van der Waals surface area contributed by atoms with Gasteiger partial charge in [-0.3, -0.25) is 0 Å². The number of fused-ring (bicyclic) bond motifs is 10. The Balaban J connectivity index is 0.963. The highest BCUT2D eigenvalue weighted by molar-refractivity contribution is 6.19. The Labute approximate surface area is 355 Å². The Morgan fingerprint density at radius 3 is 1.47 bits per heavy atom. The van der Waals surface area contributed by atoms with Crippen LogP contribution in [-0.2, 0) is 0 Å². The van der Waals surface area contributed by atoms with E-state index in [-0.39, 0.29) is 0 Å². The van der Waals surface area contributed by atoms with Crippen LogP contribution in [0, 0.1) is 0 Å². The Bertz CT molecular complexity index is 3930. The molecular formula is C57H33N3O2. The van der Waals surface area contributed by atoms with E-state index in [0.29, 0.717) is 17.5 Å². The fourth-order valence-electron chi connectivity index (χ4n) is 9.39. The van der Waals surface area contributed by atoms with Crippen molar-refractivity contribution in [3.63, 3.8) is 0 Å². The highest BCUT2D eigenvalue weighted by Gasteiger charge is 2.18. The van der Waals surface area contributed by atoms with Gasteiger partial charge in [-0.25, -0.2) is 15.0 Å². The number of rotatable bonds is 5. The van der Waals surface area contributed by atoms with Crippen LogP contribution in [0.4, 0.5) is 0 Å². The van der Waals surface area contributed by atoms with E-state index < -0.39 is 0 Å². The van der Waals surface area contributed by atoms with Crippen molar-refractivity contribution in [2.24, 2.45) is 0 Å². The number of hydrogen-bond acceptors (Lipinski definition) is 5. The molecule has 0 aliphatic rings. The molecule has 5 heteroatoms. The fourth-order valence-corrected chi connectivity index (χ4v) is 9.39. The minimum atomic E-state index is 0.606. The third-order valence-electron chi connectivity index (χ3n) is 12.3. The van der Waals surface area contributed by atoms with Crippen LogP contribution in [0.25, 0.3) is 133 Å². The first-order chi connectivity index (χ1) is 30.7. The van der Waals surface area contributed by atoms with E-state index in [9.17, 15) is 0 Å². The van der Waals surface area contributed by atoms with E-state index in [4.69, 9.17) is 23.8 Å². The van der Waals surface area contributed by atoms with E-state index in [2.05, 4.69) is 170 Å². The summed E-state index contributed by atoms with van der Waals surface area (Å²) in [6.45, 7) is 0. The lowest BCUT2D eigenvalue weighted by Gasteiger charge is -2.12. The van der Waals surface area contributed by atoms with Gasteiger partial charge in [-0.2, -0.15) is 0 Å². The molecule has 0 bridgehead atoms. The standard InChI is InChI=1S/C57H33N3O2/c1-2-13-41-34(10-1)11-7-16-42(41)35-22-24-36(25-23-35)55-58-56(60-57(59-55)40-27-30-44-38(33-40)28-31-52-53(44)47-14-3-5-19-49(47)62-52)39-26-29-43-37(32-39)12-8-17-45(43)46-18-9-21-51-54(46)48-15-4-6-20-50(48)61-51/h1-33H. The molecule has 0 aliphatic carbocycles. The fraction of sp³-hybridized carbons (Fsp3) is 0. The van der Waals surface area contributed by atoms with E-state index in [1.54, 1.807) is 0 Å². The van der Waals surface area contributed by atoms with Crippen LogP contribution >= 0.6 is 0 Å². The molecule has 0 fully saturated rings. The van der Waals surface area contributed by atoms with Gasteiger partial charge in [0, 0.05) is 38.2 Å². The molecule has 288 valence electrons. The van der Waals surface area contributed by atoms with E-state index >= 15 is 0 Å². The maximum atomic E-state index is 6.27. The molecule has 62 heavy (non-hydrogen) atoms. The Kier molecular flexibility index (Phi) is 7.54. The molecule has 0 saturated carbocycles. The Morgan fingerprint density at radius 1 is 0.258 bits per heavy atom. The highest BCUT2D eigenvalue weighted by atomic mass is 16.3. The van der Waals surface area contributed by atoms with Crippen molar-refractivity contribution in [1.82, 2.24) is 15.0 Å². The normalized spacial score (nSPS) is 11.9. The maximum Gasteiger partial charge on any atom is 0.164 e. The van der Waals surface area contributed by atoms with Gasteiger partial charge in [0.1, 0.15) is 22.3 Å².